The van der Waals surface area contributed by atoms with Crippen molar-refractivity contribution in [3.8, 4) is 0 Å². The van der Waals surface area contributed by atoms with Crippen LogP contribution in [-0.4, -0.2) is 35.6 Å². The van der Waals surface area contributed by atoms with Crippen molar-refractivity contribution in [3.05, 3.63) is 28.9 Å². The van der Waals surface area contributed by atoms with Gasteiger partial charge in [-0.2, -0.15) is 0 Å². The minimum atomic E-state index is -0.390. The molecule has 2 heterocycles. The summed E-state index contributed by atoms with van der Waals surface area (Å²) in [6, 6.07) is 4.75. The molecule has 6 heteroatoms. The fourth-order valence-corrected chi connectivity index (χ4v) is 3.85. The van der Waals surface area contributed by atoms with Gasteiger partial charge in [0.1, 0.15) is 10.7 Å². The Balaban J connectivity index is 1.89. The summed E-state index contributed by atoms with van der Waals surface area (Å²) in [4.78, 5) is 14.7. The number of hydrogen-bond donors (Lipinski definition) is 2. The van der Waals surface area contributed by atoms with Gasteiger partial charge in [0.15, 0.2) is 0 Å². The molecule has 0 spiro atoms. The number of aliphatic hydroxyl groups is 1. The second-order valence-electron chi connectivity index (χ2n) is 5.38. The highest BCUT2D eigenvalue weighted by Crippen LogP contribution is 2.36. The monoisotopic (exact) mass is 308 g/mol. The lowest BCUT2D eigenvalue weighted by Gasteiger charge is -2.30. The molecule has 1 saturated heterocycles. The van der Waals surface area contributed by atoms with Gasteiger partial charge in [-0.1, -0.05) is 6.07 Å². The molecule has 1 amide bonds. The standard InChI is InChI=1S/C15H17FN2O2S/c16-10-2-1-3-11-12(10)13(17)14(21-11)15(20)18-6-4-9(8-19)5-7-18/h1-3,9,19H,4-8,17H2. The van der Waals surface area contributed by atoms with E-state index in [1.54, 1.807) is 17.0 Å². The highest BCUT2D eigenvalue weighted by atomic mass is 32.1. The average Bonchev–Trinajstić information content (AvgIpc) is 2.85. The van der Waals surface area contributed by atoms with Crippen LogP contribution in [0.25, 0.3) is 10.1 Å². The van der Waals surface area contributed by atoms with Crippen molar-refractivity contribution in [1.29, 1.82) is 0 Å². The van der Waals surface area contributed by atoms with Crippen LogP contribution in [0.15, 0.2) is 18.2 Å². The lowest BCUT2D eigenvalue weighted by Crippen LogP contribution is -2.39. The van der Waals surface area contributed by atoms with Crippen LogP contribution in [0.5, 0.6) is 0 Å². The molecule has 1 aromatic heterocycles. The molecule has 1 aliphatic heterocycles. The predicted molar refractivity (Wildman–Crippen MR) is 81.9 cm³/mol. The molecule has 0 bridgehead atoms. The molecule has 112 valence electrons. The molecule has 1 aliphatic rings. The number of halogens is 1. The van der Waals surface area contributed by atoms with Crippen molar-refractivity contribution >= 4 is 33.0 Å². The summed E-state index contributed by atoms with van der Waals surface area (Å²) in [5, 5.41) is 9.48. The van der Waals surface area contributed by atoms with Crippen molar-refractivity contribution < 1.29 is 14.3 Å². The van der Waals surface area contributed by atoms with Gasteiger partial charge in [-0.3, -0.25) is 4.79 Å². The Hall–Kier alpha value is -1.66. The molecule has 2 aromatic rings. The van der Waals surface area contributed by atoms with Gasteiger partial charge in [-0.15, -0.1) is 11.3 Å². The van der Waals surface area contributed by atoms with E-state index >= 15 is 0 Å². The van der Waals surface area contributed by atoms with Gasteiger partial charge in [-0.25, -0.2) is 4.39 Å². The predicted octanol–water partition coefficient (Wildman–Crippen LogP) is 2.47. The molecule has 0 radical (unpaired) electrons. The van der Waals surface area contributed by atoms with E-state index in [1.165, 1.54) is 17.4 Å². The Bertz CT molecular complexity index is 678. The van der Waals surface area contributed by atoms with Crippen molar-refractivity contribution in [2.24, 2.45) is 5.92 Å². The zero-order valence-electron chi connectivity index (χ0n) is 11.5. The summed E-state index contributed by atoms with van der Waals surface area (Å²) < 4.78 is 14.5. The van der Waals surface area contributed by atoms with Gasteiger partial charge in [0, 0.05) is 24.4 Å². The Labute approximate surface area is 126 Å². The number of anilines is 1. The summed E-state index contributed by atoms with van der Waals surface area (Å²) in [5.74, 6) is -0.255. The van der Waals surface area contributed by atoms with Gasteiger partial charge in [-0.05, 0) is 30.9 Å². The molecule has 1 aromatic carbocycles. The molecular weight excluding hydrogens is 291 g/mol. The first kappa shape index (κ1) is 14.3. The second-order valence-corrected chi connectivity index (χ2v) is 6.43. The van der Waals surface area contributed by atoms with Crippen molar-refractivity contribution in [2.45, 2.75) is 12.8 Å². The number of nitrogens with two attached hydrogens (primary N) is 1. The van der Waals surface area contributed by atoms with Gasteiger partial charge in [0.05, 0.1) is 11.1 Å². The van der Waals surface area contributed by atoms with Crippen LogP contribution in [0.3, 0.4) is 0 Å². The van der Waals surface area contributed by atoms with Crippen LogP contribution in [0.1, 0.15) is 22.5 Å². The fourth-order valence-electron chi connectivity index (χ4n) is 2.75. The fraction of sp³-hybridized carbons (Fsp3) is 0.400. The third-order valence-electron chi connectivity index (χ3n) is 4.06. The number of hydrogen-bond acceptors (Lipinski definition) is 4. The molecule has 21 heavy (non-hydrogen) atoms. The van der Waals surface area contributed by atoms with Gasteiger partial charge >= 0.3 is 0 Å². The molecule has 3 N–H and O–H groups in total. The maximum absolute atomic E-state index is 13.8. The molecule has 0 unspecified atom stereocenters. The second kappa shape index (κ2) is 5.61. The highest BCUT2D eigenvalue weighted by molar-refractivity contribution is 7.21. The van der Waals surface area contributed by atoms with Crippen molar-refractivity contribution in [1.82, 2.24) is 4.90 Å². The van der Waals surface area contributed by atoms with E-state index in [-0.39, 0.29) is 29.9 Å². The Kier molecular flexibility index (Phi) is 3.82. The van der Waals surface area contributed by atoms with Crippen LogP contribution < -0.4 is 5.73 Å². The molecule has 1 fully saturated rings. The lowest BCUT2D eigenvalue weighted by molar-refractivity contribution is 0.0656. The maximum Gasteiger partial charge on any atom is 0.266 e. The van der Waals surface area contributed by atoms with Crippen LogP contribution in [0.2, 0.25) is 0 Å². The summed E-state index contributed by atoms with van der Waals surface area (Å²) in [6.07, 6.45) is 1.59. The minimum Gasteiger partial charge on any atom is -0.397 e. The molecule has 0 saturated carbocycles. The zero-order chi connectivity index (χ0) is 15.0. The molecule has 0 aliphatic carbocycles. The number of rotatable bonds is 2. The summed E-state index contributed by atoms with van der Waals surface area (Å²) in [5.41, 5.74) is 6.22. The van der Waals surface area contributed by atoms with Gasteiger partial charge in [0.2, 0.25) is 0 Å². The Morgan fingerprint density at radius 2 is 2.14 bits per heavy atom. The van der Waals surface area contributed by atoms with E-state index < -0.39 is 0 Å². The molecule has 0 atom stereocenters. The first-order valence-corrected chi connectivity index (χ1v) is 7.80. The quantitative estimate of drug-likeness (QED) is 0.895. The van der Waals surface area contributed by atoms with Crippen LogP contribution in [0, 0.1) is 11.7 Å². The van der Waals surface area contributed by atoms with Crippen LogP contribution in [0.4, 0.5) is 10.1 Å². The van der Waals surface area contributed by atoms with Crippen LogP contribution >= 0.6 is 11.3 Å². The number of carbonyl (C=O) groups is 1. The molecular formula is C15H17FN2O2S. The Morgan fingerprint density at radius 1 is 1.43 bits per heavy atom. The number of piperidine rings is 1. The minimum absolute atomic E-state index is 0.135. The van der Waals surface area contributed by atoms with Gasteiger partial charge in [0.25, 0.3) is 5.91 Å². The van der Waals surface area contributed by atoms with E-state index in [9.17, 15) is 9.18 Å². The maximum atomic E-state index is 13.8. The number of nitrogens with zero attached hydrogens (tertiary/aromatic N) is 1. The first-order chi connectivity index (χ1) is 10.1. The van der Waals surface area contributed by atoms with E-state index in [0.29, 0.717) is 28.1 Å². The SMILES string of the molecule is Nc1c(C(=O)N2CCC(CO)CC2)sc2cccc(F)c12. The third kappa shape index (κ3) is 2.49. The number of amides is 1. The average molecular weight is 308 g/mol. The smallest absolute Gasteiger partial charge is 0.266 e. The first-order valence-electron chi connectivity index (χ1n) is 6.98. The molecule has 4 nitrogen and oxygen atoms in total. The lowest BCUT2D eigenvalue weighted by atomic mass is 9.98. The Morgan fingerprint density at radius 3 is 2.76 bits per heavy atom. The zero-order valence-corrected chi connectivity index (χ0v) is 12.3. The van der Waals surface area contributed by atoms with Crippen molar-refractivity contribution in [3.63, 3.8) is 0 Å². The number of thiophene rings is 1. The number of likely N-dealkylation sites (tertiary alicyclic amines) is 1. The molecule has 3 rings (SSSR count). The topological polar surface area (TPSA) is 66.6 Å². The van der Waals surface area contributed by atoms with E-state index in [4.69, 9.17) is 10.8 Å². The number of carbonyl (C=O) groups excluding carboxylic acids is 1. The van der Waals surface area contributed by atoms with Crippen molar-refractivity contribution in [2.75, 3.05) is 25.4 Å². The largest absolute Gasteiger partial charge is 0.397 e. The van der Waals surface area contributed by atoms with Crippen LogP contribution in [-0.2, 0) is 0 Å². The summed E-state index contributed by atoms with van der Waals surface area (Å²) >= 11 is 1.24. The van der Waals surface area contributed by atoms with E-state index in [2.05, 4.69) is 0 Å². The van der Waals surface area contributed by atoms with E-state index in [1.807, 2.05) is 0 Å². The van der Waals surface area contributed by atoms with Gasteiger partial charge < -0.3 is 15.7 Å². The number of aliphatic hydroxyl groups excluding tert-OH is 1. The number of nitrogen functional groups attached to an aromatic ring is 1. The summed E-state index contributed by atoms with van der Waals surface area (Å²) in [7, 11) is 0. The highest BCUT2D eigenvalue weighted by Gasteiger charge is 2.27. The summed E-state index contributed by atoms with van der Waals surface area (Å²) in [6.45, 7) is 1.39. The van der Waals surface area contributed by atoms with E-state index in [0.717, 1.165) is 12.8 Å². The number of fused-ring (bicyclic) bond motifs is 1. The third-order valence-corrected chi connectivity index (χ3v) is 5.21. The normalized spacial score (nSPS) is 16.6. The number of benzene rings is 1.